The van der Waals surface area contributed by atoms with Crippen LogP contribution in [0.25, 0.3) is 0 Å². The first-order valence-corrected chi connectivity index (χ1v) is 4.45. The third kappa shape index (κ3) is 2.11. The van der Waals surface area contributed by atoms with Crippen LogP contribution >= 0.6 is 0 Å². The van der Waals surface area contributed by atoms with Crippen molar-refractivity contribution in [2.24, 2.45) is 5.73 Å². The van der Waals surface area contributed by atoms with Gasteiger partial charge in [0.05, 0.1) is 11.6 Å². The summed E-state index contributed by atoms with van der Waals surface area (Å²) in [6, 6.07) is 0.668. The molecule has 4 N–H and O–H groups in total. The van der Waals surface area contributed by atoms with E-state index < -0.39 is 35.3 Å². The Morgan fingerprint density at radius 2 is 2.00 bits per heavy atom. The second kappa shape index (κ2) is 4.44. The minimum Gasteiger partial charge on any atom is -0.507 e. The minimum absolute atomic E-state index is 0.302. The molecule has 6 heteroatoms. The van der Waals surface area contributed by atoms with E-state index in [1.807, 2.05) is 0 Å². The third-order valence-electron chi connectivity index (χ3n) is 2.25. The van der Waals surface area contributed by atoms with Crippen molar-refractivity contribution in [3.8, 4) is 5.75 Å². The summed E-state index contributed by atoms with van der Waals surface area (Å²) in [5.74, 6) is -1.89. The molecule has 1 aromatic rings. The highest BCUT2D eigenvalue weighted by atomic mass is 19.3. The summed E-state index contributed by atoms with van der Waals surface area (Å²) in [5.41, 5.74) is 4.64. The molecule has 0 bridgehead atoms. The Kier molecular flexibility index (Phi) is 3.44. The van der Waals surface area contributed by atoms with Crippen molar-refractivity contribution in [3.63, 3.8) is 0 Å². The summed E-state index contributed by atoms with van der Waals surface area (Å²) >= 11 is 0. The number of rotatable bonds is 3. The topological polar surface area (TPSA) is 83.5 Å². The number of nitrogens with two attached hydrogens (primary N) is 1. The number of hydrogen-bond donors (Lipinski definition) is 3. The Hall–Kier alpha value is -1.69. The van der Waals surface area contributed by atoms with E-state index in [1.54, 1.807) is 0 Å². The summed E-state index contributed by atoms with van der Waals surface area (Å²) in [6.07, 6.45) is -2.94. The SMILES string of the molecule is Cc1ccc(C(=O)O)c([C@H](N)C(F)F)c1O. The van der Waals surface area contributed by atoms with Crippen LogP contribution in [-0.4, -0.2) is 22.6 Å². The quantitative estimate of drug-likeness (QED) is 0.738. The van der Waals surface area contributed by atoms with Crippen LogP contribution in [-0.2, 0) is 0 Å². The van der Waals surface area contributed by atoms with Crippen LogP contribution in [0, 0.1) is 6.92 Å². The van der Waals surface area contributed by atoms with E-state index in [1.165, 1.54) is 13.0 Å². The van der Waals surface area contributed by atoms with Crippen molar-refractivity contribution in [1.29, 1.82) is 0 Å². The predicted octanol–water partition coefficient (Wildman–Crippen LogP) is 1.66. The lowest BCUT2D eigenvalue weighted by molar-refractivity contribution is 0.0690. The molecule has 0 unspecified atom stereocenters. The van der Waals surface area contributed by atoms with Crippen molar-refractivity contribution >= 4 is 5.97 Å². The van der Waals surface area contributed by atoms with Gasteiger partial charge < -0.3 is 15.9 Å². The van der Waals surface area contributed by atoms with E-state index in [9.17, 15) is 18.7 Å². The number of aromatic carboxylic acids is 1. The zero-order valence-corrected chi connectivity index (χ0v) is 8.45. The maximum absolute atomic E-state index is 12.4. The van der Waals surface area contributed by atoms with E-state index >= 15 is 0 Å². The first-order chi connectivity index (χ1) is 7.36. The number of carboxylic acids is 1. The maximum Gasteiger partial charge on any atom is 0.336 e. The molecule has 0 saturated heterocycles. The van der Waals surface area contributed by atoms with Gasteiger partial charge in [0.1, 0.15) is 5.75 Å². The van der Waals surface area contributed by atoms with E-state index in [2.05, 4.69) is 0 Å². The van der Waals surface area contributed by atoms with Gasteiger partial charge in [0.2, 0.25) is 0 Å². The van der Waals surface area contributed by atoms with Gasteiger partial charge >= 0.3 is 5.97 Å². The molecule has 0 spiro atoms. The van der Waals surface area contributed by atoms with Gasteiger partial charge in [0.15, 0.2) is 0 Å². The fraction of sp³-hybridized carbons (Fsp3) is 0.300. The number of alkyl halides is 2. The molecule has 0 heterocycles. The monoisotopic (exact) mass is 231 g/mol. The Morgan fingerprint density at radius 1 is 1.44 bits per heavy atom. The molecule has 4 nitrogen and oxygen atoms in total. The lowest BCUT2D eigenvalue weighted by atomic mass is 9.97. The van der Waals surface area contributed by atoms with Crippen LogP contribution in [0.1, 0.15) is 27.5 Å². The van der Waals surface area contributed by atoms with E-state index in [0.717, 1.165) is 6.07 Å². The Balaban J connectivity index is 3.43. The number of halogens is 2. The third-order valence-corrected chi connectivity index (χ3v) is 2.25. The van der Waals surface area contributed by atoms with Gasteiger partial charge in [-0.2, -0.15) is 0 Å². The van der Waals surface area contributed by atoms with Crippen molar-refractivity contribution in [1.82, 2.24) is 0 Å². The number of carbonyl (C=O) groups is 1. The van der Waals surface area contributed by atoms with Crippen molar-refractivity contribution in [2.45, 2.75) is 19.4 Å². The molecule has 0 aromatic heterocycles. The molecule has 1 aromatic carbocycles. The summed E-state index contributed by atoms with van der Waals surface area (Å²) in [5, 5.41) is 18.4. The molecule has 0 aliphatic rings. The molecule has 0 fully saturated rings. The average Bonchev–Trinajstić information content (AvgIpc) is 2.20. The van der Waals surface area contributed by atoms with Gasteiger partial charge in [-0.25, -0.2) is 13.6 Å². The van der Waals surface area contributed by atoms with Gasteiger partial charge in [-0.05, 0) is 18.6 Å². The van der Waals surface area contributed by atoms with Crippen LogP contribution < -0.4 is 5.73 Å². The Morgan fingerprint density at radius 3 is 2.44 bits per heavy atom. The largest absolute Gasteiger partial charge is 0.507 e. The van der Waals surface area contributed by atoms with Gasteiger partial charge in [0, 0.05) is 5.56 Å². The predicted molar refractivity (Wildman–Crippen MR) is 52.7 cm³/mol. The van der Waals surface area contributed by atoms with Crippen molar-refractivity contribution in [3.05, 3.63) is 28.8 Å². The normalized spacial score (nSPS) is 12.8. The fourth-order valence-corrected chi connectivity index (χ4v) is 1.37. The van der Waals surface area contributed by atoms with E-state index in [-0.39, 0.29) is 0 Å². The van der Waals surface area contributed by atoms with Crippen molar-refractivity contribution in [2.75, 3.05) is 0 Å². The summed E-state index contributed by atoms with van der Waals surface area (Å²) in [6.45, 7) is 1.47. The molecule has 0 aliphatic heterocycles. The molecule has 0 saturated carbocycles. The van der Waals surface area contributed by atoms with Crippen LogP contribution in [0.5, 0.6) is 5.75 Å². The van der Waals surface area contributed by atoms with Crippen molar-refractivity contribution < 1.29 is 23.8 Å². The number of phenolic OH excluding ortho intramolecular Hbond substituents is 1. The summed E-state index contributed by atoms with van der Waals surface area (Å²) in [7, 11) is 0. The molecule has 16 heavy (non-hydrogen) atoms. The Labute approximate surface area is 90.3 Å². The summed E-state index contributed by atoms with van der Waals surface area (Å²) < 4.78 is 24.9. The molecular formula is C10H11F2NO3. The number of aromatic hydroxyl groups is 1. The van der Waals surface area contributed by atoms with E-state index in [4.69, 9.17) is 10.8 Å². The highest BCUT2D eigenvalue weighted by Gasteiger charge is 2.27. The number of hydrogen-bond acceptors (Lipinski definition) is 3. The highest BCUT2D eigenvalue weighted by Crippen LogP contribution is 2.32. The first kappa shape index (κ1) is 12.4. The smallest absolute Gasteiger partial charge is 0.336 e. The summed E-state index contributed by atoms with van der Waals surface area (Å²) in [4.78, 5) is 10.8. The van der Waals surface area contributed by atoms with Crippen LogP contribution in [0.4, 0.5) is 8.78 Å². The molecule has 1 atom stereocenters. The second-order valence-corrected chi connectivity index (χ2v) is 3.36. The number of aryl methyl sites for hydroxylation is 1. The maximum atomic E-state index is 12.4. The van der Waals surface area contributed by atoms with E-state index in [0.29, 0.717) is 5.56 Å². The molecule has 0 amide bonds. The number of benzene rings is 1. The minimum atomic E-state index is -2.94. The second-order valence-electron chi connectivity index (χ2n) is 3.36. The number of carboxylic acid groups (broad SMARTS) is 1. The van der Waals surface area contributed by atoms with Gasteiger partial charge in [-0.15, -0.1) is 0 Å². The standard InChI is InChI=1S/C10H11F2NO3/c1-4-2-3-5(10(15)16)6(8(4)14)7(13)9(11)12/h2-3,7,9,14H,13H2,1H3,(H,15,16)/t7-/m0/s1. The lowest BCUT2D eigenvalue weighted by Crippen LogP contribution is -2.22. The highest BCUT2D eigenvalue weighted by molar-refractivity contribution is 5.90. The van der Waals surface area contributed by atoms with Gasteiger partial charge in [0.25, 0.3) is 6.43 Å². The lowest BCUT2D eigenvalue weighted by Gasteiger charge is -2.16. The van der Waals surface area contributed by atoms with Crippen LogP contribution in [0.3, 0.4) is 0 Å². The van der Waals surface area contributed by atoms with Crippen LogP contribution in [0.15, 0.2) is 12.1 Å². The molecule has 0 aliphatic carbocycles. The average molecular weight is 231 g/mol. The molecule has 1 rings (SSSR count). The molecule has 88 valence electrons. The van der Waals surface area contributed by atoms with Gasteiger partial charge in [-0.3, -0.25) is 0 Å². The zero-order chi connectivity index (χ0) is 12.5. The fourth-order valence-electron chi connectivity index (χ4n) is 1.37. The number of phenols is 1. The molecular weight excluding hydrogens is 220 g/mol. The van der Waals surface area contributed by atoms with Gasteiger partial charge in [-0.1, -0.05) is 6.07 Å². The van der Waals surface area contributed by atoms with Crippen LogP contribution in [0.2, 0.25) is 0 Å². The first-order valence-electron chi connectivity index (χ1n) is 4.45. The molecule has 0 radical (unpaired) electrons. The Bertz CT molecular complexity index is 421. The zero-order valence-electron chi connectivity index (χ0n) is 8.45.